The van der Waals surface area contributed by atoms with Crippen molar-refractivity contribution in [3.05, 3.63) is 48.7 Å². The van der Waals surface area contributed by atoms with E-state index in [9.17, 15) is 0 Å². The van der Waals surface area contributed by atoms with E-state index in [4.69, 9.17) is 0 Å². The van der Waals surface area contributed by atoms with Crippen LogP contribution in [0.15, 0.2) is 43.0 Å². The van der Waals surface area contributed by atoms with E-state index in [0.29, 0.717) is 6.54 Å². The van der Waals surface area contributed by atoms with Crippen LogP contribution in [-0.2, 0) is 6.54 Å². The Bertz CT molecular complexity index is 612. The molecule has 84 valence electrons. The zero-order valence-corrected chi connectivity index (χ0v) is 9.09. The van der Waals surface area contributed by atoms with Crippen molar-refractivity contribution in [3.8, 4) is 0 Å². The molecule has 0 atom stereocenters. The first-order chi connectivity index (χ1) is 8.43. The Balaban J connectivity index is 1.90. The average Bonchev–Trinajstić information content (AvgIpc) is 2.89. The number of aromatic amines is 1. The lowest BCUT2D eigenvalue weighted by Crippen LogP contribution is -2.01. The van der Waals surface area contributed by atoms with Crippen LogP contribution in [-0.4, -0.2) is 20.2 Å². The summed E-state index contributed by atoms with van der Waals surface area (Å²) >= 11 is 0. The molecule has 1 aromatic carbocycles. The predicted octanol–water partition coefficient (Wildman–Crippen LogP) is 1.96. The number of nitrogens with zero attached hydrogens (tertiary/aromatic N) is 3. The molecule has 0 fully saturated rings. The Kier molecular flexibility index (Phi) is 2.42. The highest BCUT2D eigenvalue weighted by atomic mass is 15.1. The first kappa shape index (κ1) is 9.77. The topological polar surface area (TPSA) is 66.5 Å². The van der Waals surface area contributed by atoms with E-state index < -0.39 is 0 Å². The highest BCUT2D eigenvalue weighted by Gasteiger charge is 2.01. The first-order valence-electron chi connectivity index (χ1n) is 5.35. The van der Waals surface area contributed by atoms with Gasteiger partial charge in [-0.1, -0.05) is 18.2 Å². The van der Waals surface area contributed by atoms with Crippen LogP contribution in [0.4, 0.5) is 5.69 Å². The SMILES string of the molecule is c1ccc2c(NCc3cnc[nH]3)cnnc2c1. The summed E-state index contributed by atoms with van der Waals surface area (Å²) < 4.78 is 0. The summed E-state index contributed by atoms with van der Waals surface area (Å²) in [7, 11) is 0. The van der Waals surface area contributed by atoms with Crippen molar-refractivity contribution in [2.24, 2.45) is 0 Å². The van der Waals surface area contributed by atoms with Crippen molar-refractivity contribution in [3.63, 3.8) is 0 Å². The van der Waals surface area contributed by atoms with Crippen molar-refractivity contribution in [2.45, 2.75) is 6.54 Å². The van der Waals surface area contributed by atoms with Gasteiger partial charge in [-0.3, -0.25) is 0 Å². The van der Waals surface area contributed by atoms with Gasteiger partial charge in [0.2, 0.25) is 0 Å². The van der Waals surface area contributed by atoms with Crippen LogP contribution < -0.4 is 5.32 Å². The fourth-order valence-corrected chi connectivity index (χ4v) is 1.72. The molecule has 0 bridgehead atoms. The Labute approximate surface area is 97.9 Å². The number of H-pyrrole nitrogens is 1. The average molecular weight is 225 g/mol. The fourth-order valence-electron chi connectivity index (χ4n) is 1.72. The highest BCUT2D eigenvalue weighted by Crippen LogP contribution is 2.19. The van der Waals surface area contributed by atoms with Gasteiger partial charge in [0.15, 0.2) is 0 Å². The number of hydrogen-bond acceptors (Lipinski definition) is 4. The minimum absolute atomic E-state index is 0.690. The van der Waals surface area contributed by atoms with E-state index in [1.54, 1.807) is 18.7 Å². The molecule has 2 aromatic heterocycles. The maximum atomic E-state index is 4.08. The second kappa shape index (κ2) is 4.21. The van der Waals surface area contributed by atoms with E-state index in [2.05, 4.69) is 25.5 Å². The van der Waals surface area contributed by atoms with Crippen molar-refractivity contribution in [1.29, 1.82) is 0 Å². The molecule has 0 unspecified atom stereocenters. The number of aromatic nitrogens is 4. The molecule has 0 aliphatic carbocycles. The van der Waals surface area contributed by atoms with Crippen LogP contribution >= 0.6 is 0 Å². The van der Waals surface area contributed by atoms with Crippen LogP contribution in [0.5, 0.6) is 0 Å². The number of rotatable bonds is 3. The third kappa shape index (κ3) is 1.94. The summed E-state index contributed by atoms with van der Waals surface area (Å²) in [6.45, 7) is 0.690. The van der Waals surface area contributed by atoms with Gasteiger partial charge in [-0.25, -0.2) is 4.98 Å². The molecule has 0 aliphatic rings. The zero-order chi connectivity index (χ0) is 11.5. The molecule has 3 aromatic rings. The van der Waals surface area contributed by atoms with Crippen molar-refractivity contribution >= 4 is 16.6 Å². The van der Waals surface area contributed by atoms with Gasteiger partial charge in [0.05, 0.1) is 36.0 Å². The molecule has 0 saturated heterocycles. The van der Waals surface area contributed by atoms with E-state index in [-0.39, 0.29) is 0 Å². The largest absolute Gasteiger partial charge is 0.378 e. The summed E-state index contributed by atoms with van der Waals surface area (Å²) in [5.41, 5.74) is 2.90. The van der Waals surface area contributed by atoms with Crippen molar-refractivity contribution in [1.82, 2.24) is 20.2 Å². The van der Waals surface area contributed by atoms with Gasteiger partial charge in [0.1, 0.15) is 0 Å². The van der Waals surface area contributed by atoms with Crippen LogP contribution in [0.1, 0.15) is 5.69 Å². The fraction of sp³-hybridized carbons (Fsp3) is 0.0833. The van der Waals surface area contributed by atoms with Gasteiger partial charge >= 0.3 is 0 Å². The summed E-state index contributed by atoms with van der Waals surface area (Å²) in [4.78, 5) is 7.02. The lowest BCUT2D eigenvalue weighted by Gasteiger charge is -2.06. The Morgan fingerprint density at radius 1 is 1.18 bits per heavy atom. The number of fused-ring (bicyclic) bond motifs is 1. The summed E-state index contributed by atoms with van der Waals surface area (Å²) in [5.74, 6) is 0. The third-order valence-electron chi connectivity index (χ3n) is 2.57. The lowest BCUT2D eigenvalue weighted by atomic mass is 10.2. The molecule has 2 N–H and O–H groups in total. The van der Waals surface area contributed by atoms with Gasteiger partial charge in [-0.05, 0) is 6.07 Å². The lowest BCUT2D eigenvalue weighted by molar-refractivity contribution is 1.04. The molecule has 0 spiro atoms. The van der Waals surface area contributed by atoms with Gasteiger partial charge in [0, 0.05) is 11.6 Å². The monoisotopic (exact) mass is 225 g/mol. The molecule has 3 rings (SSSR count). The van der Waals surface area contributed by atoms with Gasteiger partial charge in [-0.15, -0.1) is 0 Å². The molecule has 0 amide bonds. The number of hydrogen-bond donors (Lipinski definition) is 2. The van der Waals surface area contributed by atoms with Gasteiger partial charge in [-0.2, -0.15) is 10.2 Å². The van der Waals surface area contributed by atoms with E-state index in [0.717, 1.165) is 22.3 Å². The number of nitrogens with one attached hydrogen (secondary N) is 2. The Morgan fingerprint density at radius 2 is 2.12 bits per heavy atom. The summed E-state index contributed by atoms with van der Waals surface area (Å²) in [5, 5.41) is 12.4. The molecule has 0 saturated carbocycles. The predicted molar refractivity (Wildman–Crippen MR) is 65.5 cm³/mol. The normalized spacial score (nSPS) is 10.6. The number of benzene rings is 1. The smallest absolute Gasteiger partial charge is 0.0950 e. The van der Waals surface area contributed by atoms with Gasteiger partial charge < -0.3 is 10.3 Å². The highest BCUT2D eigenvalue weighted by molar-refractivity contribution is 5.90. The third-order valence-corrected chi connectivity index (χ3v) is 2.57. The summed E-state index contributed by atoms with van der Waals surface area (Å²) in [6.07, 6.45) is 5.20. The molecule has 5 heteroatoms. The second-order valence-electron chi connectivity index (χ2n) is 3.71. The zero-order valence-electron chi connectivity index (χ0n) is 9.09. The minimum atomic E-state index is 0.690. The maximum Gasteiger partial charge on any atom is 0.0950 e. The second-order valence-corrected chi connectivity index (χ2v) is 3.71. The standard InChI is InChI=1S/C12H11N5/c1-2-4-11-10(3-1)12(7-16-17-11)14-6-9-5-13-8-15-9/h1-5,7-8H,6H2,(H,13,15)(H,14,17). The Morgan fingerprint density at radius 3 is 3.00 bits per heavy atom. The molecular weight excluding hydrogens is 214 g/mol. The van der Waals surface area contributed by atoms with E-state index in [1.807, 2.05) is 24.3 Å². The number of imidazole rings is 1. The summed E-state index contributed by atoms with van der Waals surface area (Å²) in [6, 6.07) is 7.92. The van der Waals surface area contributed by atoms with Crippen LogP contribution in [0.2, 0.25) is 0 Å². The van der Waals surface area contributed by atoms with Gasteiger partial charge in [0.25, 0.3) is 0 Å². The molecule has 0 aliphatic heterocycles. The minimum Gasteiger partial charge on any atom is -0.378 e. The van der Waals surface area contributed by atoms with Crippen molar-refractivity contribution in [2.75, 3.05) is 5.32 Å². The molecule has 17 heavy (non-hydrogen) atoms. The molecule has 2 heterocycles. The molecule has 5 nitrogen and oxygen atoms in total. The van der Waals surface area contributed by atoms with Crippen molar-refractivity contribution < 1.29 is 0 Å². The molecular formula is C12H11N5. The van der Waals surface area contributed by atoms with Crippen LogP contribution in [0.25, 0.3) is 10.9 Å². The number of anilines is 1. The van der Waals surface area contributed by atoms with E-state index in [1.165, 1.54) is 0 Å². The van der Waals surface area contributed by atoms with E-state index >= 15 is 0 Å². The maximum absolute atomic E-state index is 4.08. The van der Waals surface area contributed by atoms with Crippen LogP contribution in [0, 0.1) is 0 Å². The Hall–Kier alpha value is -2.43. The quantitative estimate of drug-likeness (QED) is 0.715. The first-order valence-corrected chi connectivity index (χ1v) is 5.35. The molecule has 0 radical (unpaired) electrons. The van der Waals surface area contributed by atoms with Crippen LogP contribution in [0.3, 0.4) is 0 Å².